The van der Waals surface area contributed by atoms with Gasteiger partial charge in [0.1, 0.15) is 11.5 Å². The van der Waals surface area contributed by atoms with Crippen LogP contribution >= 0.6 is 11.6 Å². The molecule has 1 aromatic rings. The van der Waals surface area contributed by atoms with Gasteiger partial charge in [0.15, 0.2) is 0 Å². The van der Waals surface area contributed by atoms with E-state index in [4.69, 9.17) is 16.3 Å². The second kappa shape index (κ2) is 4.08. The molecule has 1 spiro atoms. The van der Waals surface area contributed by atoms with Crippen LogP contribution in [0.25, 0.3) is 0 Å². The van der Waals surface area contributed by atoms with E-state index in [2.05, 4.69) is 0 Å². The zero-order chi connectivity index (χ0) is 14.8. The van der Waals surface area contributed by atoms with Crippen molar-refractivity contribution in [3.63, 3.8) is 0 Å². The molecule has 4 atom stereocenters. The van der Waals surface area contributed by atoms with Crippen LogP contribution in [0.4, 0.5) is 5.69 Å². The highest BCUT2D eigenvalue weighted by Crippen LogP contribution is 2.53. The number of rotatable bonds is 2. The zero-order valence-electron chi connectivity index (χ0n) is 10.9. The van der Waals surface area contributed by atoms with E-state index in [1.807, 2.05) is 6.08 Å². The third-order valence-electron chi connectivity index (χ3n) is 4.53. The van der Waals surface area contributed by atoms with E-state index in [0.29, 0.717) is 17.3 Å². The Bertz CT molecular complexity index is 688. The number of nitrogens with zero attached hydrogens (tertiary/aromatic N) is 1. The van der Waals surface area contributed by atoms with E-state index in [1.54, 1.807) is 30.3 Å². The average Bonchev–Trinajstić information content (AvgIpc) is 3.08. The summed E-state index contributed by atoms with van der Waals surface area (Å²) in [7, 11) is 0. The number of benzene rings is 1. The lowest BCUT2D eigenvalue weighted by Gasteiger charge is -2.22. The molecule has 3 heterocycles. The Labute approximate surface area is 125 Å². The molecular formula is C15H12ClNO4. The van der Waals surface area contributed by atoms with E-state index in [1.165, 1.54) is 4.90 Å². The summed E-state index contributed by atoms with van der Waals surface area (Å²) in [5, 5.41) is 9.86. The number of halogens is 1. The third kappa shape index (κ3) is 1.56. The summed E-state index contributed by atoms with van der Waals surface area (Å²) in [6, 6.07) is 7.04. The molecule has 1 aromatic carbocycles. The molecule has 3 aliphatic rings. The molecule has 4 rings (SSSR count). The smallest absolute Gasteiger partial charge is 0.310 e. The first-order valence-electron chi connectivity index (χ1n) is 6.69. The maximum Gasteiger partial charge on any atom is 0.310 e. The van der Waals surface area contributed by atoms with Gasteiger partial charge in [0, 0.05) is 0 Å². The van der Waals surface area contributed by atoms with Gasteiger partial charge in [-0.1, -0.05) is 35.9 Å². The lowest BCUT2D eigenvalue weighted by molar-refractivity contribution is -0.146. The van der Waals surface area contributed by atoms with Crippen molar-refractivity contribution in [1.82, 2.24) is 0 Å². The van der Waals surface area contributed by atoms with Crippen molar-refractivity contribution in [1.29, 1.82) is 0 Å². The molecule has 0 saturated carbocycles. The Kier molecular flexibility index (Phi) is 2.50. The van der Waals surface area contributed by atoms with Gasteiger partial charge in [-0.2, -0.15) is 0 Å². The van der Waals surface area contributed by atoms with Gasteiger partial charge in [-0.3, -0.25) is 9.59 Å². The van der Waals surface area contributed by atoms with Crippen molar-refractivity contribution >= 4 is 29.2 Å². The van der Waals surface area contributed by atoms with Gasteiger partial charge in [-0.15, -0.1) is 0 Å². The summed E-state index contributed by atoms with van der Waals surface area (Å²) in [6.07, 6.45) is 3.07. The Hall–Kier alpha value is -1.85. The summed E-state index contributed by atoms with van der Waals surface area (Å²) in [5.41, 5.74) is -0.234. The molecule has 3 aliphatic heterocycles. The molecule has 0 radical (unpaired) electrons. The molecule has 5 nitrogen and oxygen atoms in total. The van der Waals surface area contributed by atoms with Crippen molar-refractivity contribution < 1.29 is 19.4 Å². The first-order chi connectivity index (χ1) is 10.0. The van der Waals surface area contributed by atoms with Gasteiger partial charge in [0.05, 0.1) is 29.3 Å². The second-order valence-corrected chi connectivity index (χ2v) is 6.02. The molecular weight excluding hydrogens is 294 g/mol. The number of hydrogen-bond donors (Lipinski definition) is 1. The fraction of sp³-hybridized carbons (Fsp3) is 0.333. The largest absolute Gasteiger partial charge is 0.481 e. The van der Waals surface area contributed by atoms with Gasteiger partial charge in [0.25, 0.3) is 0 Å². The lowest BCUT2D eigenvalue weighted by Crippen LogP contribution is -2.39. The lowest BCUT2D eigenvalue weighted by atomic mass is 9.77. The number of fused-ring (bicyclic) bond motifs is 1. The topological polar surface area (TPSA) is 66.8 Å². The van der Waals surface area contributed by atoms with Crippen LogP contribution < -0.4 is 4.90 Å². The monoisotopic (exact) mass is 305 g/mol. The predicted octanol–water partition coefficient (Wildman–Crippen LogP) is 1.71. The Morgan fingerprint density at radius 2 is 2.19 bits per heavy atom. The Morgan fingerprint density at radius 1 is 1.43 bits per heavy atom. The third-order valence-corrected chi connectivity index (χ3v) is 4.85. The zero-order valence-corrected chi connectivity index (χ0v) is 11.7. The number of carbonyl (C=O) groups is 2. The van der Waals surface area contributed by atoms with Crippen molar-refractivity contribution in [3.8, 4) is 0 Å². The van der Waals surface area contributed by atoms with Crippen LogP contribution in [-0.2, 0) is 14.3 Å². The molecule has 108 valence electrons. The Morgan fingerprint density at radius 3 is 2.90 bits per heavy atom. The van der Waals surface area contributed by atoms with Gasteiger partial charge in [0.2, 0.25) is 5.91 Å². The Balaban J connectivity index is 1.78. The minimum atomic E-state index is -0.995. The van der Waals surface area contributed by atoms with Gasteiger partial charge in [-0.25, -0.2) is 0 Å². The predicted molar refractivity (Wildman–Crippen MR) is 75.2 cm³/mol. The molecule has 1 N–H and O–H groups in total. The van der Waals surface area contributed by atoms with Crippen molar-refractivity contribution in [2.45, 2.75) is 11.7 Å². The molecule has 0 aliphatic carbocycles. The van der Waals surface area contributed by atoms with Crippen LogP contribution in [0.3, 0.4) is 0 Å². The molecule has 0 aromatic heterocycles. The van der Waals surface area contributed by atoms with Gasteiger partial charge < -0.3 is 14.7 Å². The number of ether oxygens (including phenoxy) is 1. The summed E-state index contributed by atoms with van der Waals surface area (Å²) < 4.78 is 5.82. The van der Waals surface area contributed by atoms with Crippen LogP contribution in [0, 0.1) is 11.8 Å². The van der Waals surface area contributed by atoms with E-state index in [-0.39, 0.29) is 5.91 Å². The summed E-state index contributed by atoms with van der Waals surface area (Å²) in [5.74, 6) is -2.73. The van der Waals surface area contributed by atoms with Crippen LogP contribution in [0.1, 0.15) is 0 Å². The second-order valence-electron chi connectivity index (χ2n) is 5.61. The summed E-state index contributed by atoms with van der Waals surface area (Å²) in [6.45, 7) is 0.303. The summed E-state index contributed by atoms with van der Waals surface area (Å²) in [4.78, 5) is 25.7. The summed E-state index contributed by atoms with van der Waals surface area (Å²) >= 11 is 6.16. The maximum atomic E-state index is 12.7. The van der Waals surface area contributed by atoms with Crippen molar-refractivity contribution in [3.05, 3.63) is 41.4 Å². The van der Waals surface area contributed by atoms with Crippen LogP contribution in [0.2, 0.25) is 5.02 Å². The van der Waals surface area contributed by atoms with E-state index in [0.717, 1.165) is 0 Å². The quantitative estimate of drug-likeness (QED) is 0.845. The van der Waals surface area contributed by atoms with Gasteiger partial charge in [-0.05, 0) is 12.1 Å². The molecule has 0 unspecified atom stereocenters. The van der Waals surface area contributed by atoms with E-state index >= 15 is 0 Å². The molecule has 2 saturated heterocycles. The fourth-order valence-electron chi connectivity index (χ4n) is 3.65. The molecule has 2 bridgehead atoms. The standard InChI is InChI=1S/C15H12ClNO4/c16-8-3-1-2-4-9(8)17-7-15-6-5-10(21-15)11(14(19)20)12(15)13(17)18/h1-6,10-12H,7H2,(H,19,20)/t10-,11+,12-,15+/m1/s1. The molecule has 1 amide bonds. The van der Waals surface area contributed by atoms with Crippen LogP contribution in [0.15, 0.2) is 36.4 Å². The number of hydrogen-bond acceptors (Lipinski definition) is 3. The van der Waals surface area contributed by atoms with E-state index < -0.39 is 29.5 Å². The normalized spacial score (nSPS) is 36.3. The number of carbonyl (C=O) groups excluding carboxylic acids is 1. The maximum absolute atomic E-state index is 12.7. The minimum Gasteiger partial charge on any atom is -0.481 e. The number of carboxylic acids is 1. The van der Waals surface area contributed by atoms with Crippen LogP contribution in [-0.4, -0.2) is 35.2 Å². The highest BCUT2D eigenvalue weighted by molar-refractivity contribution is 6.34. The number of aliphatic carboxylic acids is 1. The number of anilines is 1. The highest BCUT2D eigenvalue weighted by atomic mass is 35.5. The first kappa shape index (κ1) is 12.9. The molecule has 21 heavy (non-hydrogen) atoms. The number of carboxylic acid groups (broad SMARTS) is 1. The first-order valence-corrected chi connectivity index (χ1v) is 7.07. The fourth-order valence-corrected chi connectivity index (χ4v) is 3.89. The van der Waals surface area contributed by atoms with Crippen molar-refractivity contribution in [2.24, 2.45) is 11.8 Å². The van der Waals surface area contributed by atoms with Crippen molar-refractivity contribution in [2.75, 3.05) is 11.4 Å². The van der Waals surface area contributed by atoms with Gasteiger partial charge >= 0.3 is 5.97 Å². The number of para-hydroxylation sites is 1. The highest BCUT2D eigenvalue weighted by Gasteiger charge is 2.67. The number of amides is 1. The SMILES string of the molecule is O=C(O)[C@H]1[C@H]2C=C[C@@]3(CN(c4ccccc4Cl)C(=O)[C@@H]13)O2. The molecule has 6 heteroatoms. The molecule has 2 fully saturated rings. The van der Waals surface area contributed by atoms with Crippen LogP contribution in [0.5, 0.6) is 0 Å². The minimum absolute atomic E-state index is 0.234. The average molecular weight is 306 g/mol. The van der Waals surface area contributed by atoms with E-state index in [9.17, 15) is 14.7 Å².